The van der Waals surface area contributed by atoms with Gasteiger partial charge < -0.3 is 10.2 Å². The van der Waals surface area contributed by atoms with Crippen LogP contribution in [0.3, 0.4) is 0 Å². The van der Waals surface area contributed by atoms with Crippen molar-refractivity contribution in [2.75, 3.05) is 26.2 Å². The van der Waals surface area contributed by atoms with Gasteiger partial charge in [0.1, 0.15) is 11.3 Å². The third kappa shape index (κ3) is 3.55. The molecule has 0 atom stereocenters. The Balaban J connectivity index is 1.54. The number of rotatable bonds is 6. The number of carbonyl (C=O) groups is 1. The standard InChI is InChI=1S/C18H26N4O/c1-14-8-7-13-22-16(15(2)20-17(14)22)18(23)19-9-3-4-10-21-11-5-6-12-21/h7-8,13H,3-6,9-12H2,1-2H3,(H,19,23). The molecule has 5 nitrogen and oxygen atoms in total. The molecule has 0 aromatic carbocycles. The van der Waals surface area contributed by atoms with Crippen molar-refractivity contribution in [1.29, 1.82) is 0 Å². The van der Waals surface area contributed by atoms with Gasteiger partial charge in [-0.3, -0.25) is 9.20 Å². The van der Waals surface area contributed by atoms with Crippen LogP contribution >= 0.6 is 0 Å². The lowest BCUT2D eigenvalue weighted by molar-refractivity contribution is 0.0946. The fourth-order valence-corrected chi connectivity index (χ4v) is 3.34. The number of nitrogens with one attached hydrogen (secondary N) is 1. The molecule has 2 aromatic rings. The summed E-state index contributed by atoms with van der Waals surface area (Å²) in [6.07, 6.45) is 6.75. The van der Waals surface area contributed by atoms with Crippen molar-refractivity contribution in [3.63, 3.8) is 0 Å². The van der Waals surface area contributed by atoms with Crippen molar-refractivity contribution in [2.45, 2.75) is 39.5 Å². The smallest absolute Gasteiger partial charge is 0.270 e. The molecule has 1 aliphatic rings. The Kier molecular flexibility index (Phi) is 4.96. The molecule has 0 saturated carbocycles. The van der Waals surface area contributed by atoms with E-state index >= 15 is 0 Å². The van der Waals surface area contributed by atoms with Gasteiger partial charge in [-0.05, 0) is 70.8 Å². The highest BCUT2D eigenvalue weighted by atomic mass is 16.1. The van der Waals surface area contributed by atoms with Crippen LogP contribution in [0.5, 0.6) is 0 Å². The van der Waals surface area contributed by atoms with E-state index in [0.717, 1.165) is 42.8 Å². The fraction of sp³-hybridized carbons (Fsp3) is 0.556. The maximum Gasteiger partial charge on any atom is 0.270 e. The Hall–Kier alpha value is -1.88. The third-order valence-corrected chi connectivity index (χ3v) is 4.62. The summed E-state index contributed by atoms with van der Waals surface area (Å²) in [4.78, 5) is 19.5. The average molecular weight is 314 g/mol. The number of imidazole rings is 1. The zero-order valence-corrected chi connectivity index (χ0v) is 14.1. The summed E-state index contributed by atoms with van der Waals surface area (Å²) in [5.74, 6) is -0.0261. The van der Waals surface area contributed by atoms with E-state index in [1.54, 1.807) is 0 Å². The molecule has 23 heavy (non-hydrogen) atoms. The van der Waals surface area contributed by atoms with Gasteiger partial charge in [-0.15, -0.1) is 0 Å². The molecule has 1 N–H and O–H groups in total. The van der Waals surface area contributed by atoms with Crippen LogP contribution < -0.4 is 5.32 Å². The van der Waals surface area contributed by atoms with Gasteiger partial charge >= 0.3 is 0 Å². The molecule has 2 aromatic heterocycles. The first kappa shape index (κ1) is 16.0. The molecule has 0 radical (unpaired) electrons. The van der Waals surface area contributed by atoms with Crippen LogP contribution in [0.1, 0.15) is 47.4 Å². The number of carbonyl (C=O) groups excluding carboxylic acids is 1. The highest BCUT2D eigenvalue weighted by Crippen LogP contribution is 2.15. The first-order chi connectivity index (χ1) is 11.2. The number of nitrogens with zero attached hydrogens (tertiary/aromatic N) is 3. The van der Waals surface area contributed by atoms with Crippen LogP contribution in [0.25, 0.3) is 5.65 Å². The minimum absolute atomic E-state index is 0.0261. The van der Waals surface area contributed by atoms with E-state index in [9.17, 15) is 4.79 Å². The fourth-order valence-electron chi connectivity index (χ4n) is 3.34. The van der Waals surface area contributed by atoms with Crippen LogP contribution in [0.15, 0.2) is 18.3 Å². The number of unbranched alkanes of at least 4 members (excludes halogenated alkanes) is 1. The Morgan fingerprint density at radius 3 is 2.83 bits per heavy atom. The first-order valence-corrected chi connectivity index (χ1v) is 8.61. The zero-order chi connectivity index (χ0) is 16.2. The summed E-state index contributed by atoms with van der Waals surface area (Å²) in [5.41, 5.74) is 3.39. The highest BCUT2D eigenvalue weighted by Gasteiger charge is 2.17. The Morgan fingerprint density at radius 1 is 1.26 bits per heavy atom. The van der Waals surface area contributed by atoms with E-state index in [1.165, 1.54) is 25.9 Å². The SMILES string of the molecule is Cc1nc2c(C)cccn2c1C(=O)NCCCCN1CCCC1. The molecule has 0 spiro atoms. The maximum absolute atomic E-state index is 12.5. The van der Waals surface area contributed by atoms with Crippen LogP contribution in [-0.2, 0) is 0 Å². The quantitative estimate of drug-likeness (QED) is 0.834. The number of hydrogen-bond acceptors (Lipinski definition) is 3. The molecular formula is C18H26N4O. The number of aryl methyl sites for hydroxylation is 2. The summed E-state index contributed by atoms with van der Waals surface area (Å²) in [6, 6.07) is 3.97. The number of likely N-dealkylation sites (tertiary alicyclic amines) is 1. The molecule has 1 saturated heterocycles. The lowest BCUT2D eigenvalue weighted by Crippen LogP contribution is -2.27. The highest BCUT2D eigenvalue weighted by molar-refractivity contribution is 5.94. The zero-order valence-electron chi connectivity index (χ0n) is 14.1. The minimum Gasteiger partial charge on any atom is -0.351 e. The lowest BCUT2D eigenvalue weighted by atomic mass is 10.2. The van der Waals surface area contributed by atoms with Crippen molar-refractivity contribution in [3.05, 3.63) is 35.3 Å². The summed E-state index contributed by atoms with van der Waals surface area (Å²) >= 11 is 0. The molecule has 1 amide bonds. The average Bonchev–Trinajstić information content (AvgIpc) is 3.14. The van der Waals surface area contributed by atoms with Crippen LogP contribution in [-0.4, -0.2) is 46.4 Å². The van der Waals surface area contributed by atoms with Gasteiger partial charge in [0.2, 0.25) is 0 Å². The van der Waals surface area contributed by atoms with Crippen LogP contribution in [0, 0.1) is 13.8 Å². The topological polar surface area (TPSA) is 49.6 Å². The van der Waals surface area contributed by atoms with Crippen molar-refractivity contribution >= 4 is 11.6 Å². The summed E-state index contributed by atoms with van der Waals surface area (Å²) in [7, 11) is 0. The normalized spacial score (nSPS) is 15.4. The van der Waals surface area contributed by atoms with E-state index < -0.39 is 0 Å². The van der Waals surface area contributed by atoms with Crippen LogP contribution in [0.4, 0.5) is 0 Å². The summed E-state index contributed by atoms with van der Waals surface area (Å²) in [6.45, 7) is 8.28. The molecule has 3 rings (SSSR count). The molecule has 3 heterocycles. The number of pyridine rings is 1. The second-order valence-corrected chi connectivity index (χ2v) is 6.44. The van der Waals surface area contributed by atoms with E-state index in [1.807, 2.05) is 36.6 Å². The largest absolute Gasteiger partial charge is 0.351 e. The van der Waals surface area contributed by atoms with Gasteiger partial charge in [-0.1, -0.05) is 6.07 Å². The molecule has 124 valence electrons. The number of hydrogen-bond donors (Lipinski definition) is 1. The Bertz CT molecular complexity index is 686. The molecular weight excluding hydrogens is 288 g/mol. The Morgan fingerprint density at radius 2 is 2.04 bits per heavy atom. The van der Waals surface area contributed by atoms with Crippen molar-refractivity contribution < 1.29 is 4.79 Å². The molecule has 0 unspecified atom stereocenters. The molecule has 0 aliphatic carbocycles. The van der Waals surface area contributed by atoms with Gasteiger partial charge in [-0.25, -0.2) is 4.98 Å². The number of aromatic nitrogens is 2. The van der Waals surface area contributed by atoms with Gasteiger partial charge in [0.15, 0.2) is 0 Å². The van der Waals surface area contributed by atoms with Gasteiger partial charge in [0.25, 0.3) is 5.91 Å². The van der Waals surface area contributed by atoms with Gasteiger partial charge in [-0.2, -0.15) is 0 Å². The number of fused-ring (bicyclic) bond motifs is 1. The second-order valence-electron chi connectivity index (χ2n) is 6.44. The molecule has 1 aliphatic heterocycles. The van der Waals surface area contributed by atoms with Crippen molar-refractivity contribution in [2.24, 2.45) is 0 Å². The predicted octanol–water partition coefficient (Wildman–Crippen LogP) is 2.56. The van der Waals surface area contributed by atoms with E-state index in [4.69, 9.17) is 0 Å². The summed E-state index contributed by atoms with van der Waals surface area (Å²) < 4.78 is 1.89. The summed E-state index contributed by atoms with van der Waals surface area (Å²) in [5, 5.41) is 3.04. The minimum atomic E-state index is -0.0261. The van der Waals surface area contributed by atoms with E-state index in [2.05, 4.69) is 15.2 Å². The monoisotopic (exact) mass is 314 g/mol. The van der Waals surface area contributed by atoms with Crippen LogP contribution in [0.2, 0.25) is 0 Å². The lowest BCUT2D eigenvalue weighted by Gasteiger charge is -2.14. The van der Waals surface area contributed by atoms with Crippen molar-refractivity contribution in [1.82, 2.24) is 19.6 Å². The number of amides is 1. The predicted molar refractivity (Wildman–Crippen MR) is 91.9 cm³/mol. The van der Waals surface area contributed by atoms with Gasteiger partial charge in [0, 0.05) is 12.7 Å². The maximum atomic E-state index is 12.5. The molecule has 5 heteroatoms. The second kappa shape index (κ2) is 7.13. The molecule has 0 bridgehead atoms. The van der Waals surface area contributed by atoms with Crippen molar-refractivity contribution in [3.8, 4) is 0 Å². The van der Waals surface area contributed by atoms with E-state index in [-0.39, 0.29) is 5.91 Å². The Labute approximate surface area is 137 Å². The molecule has 1 fully saturated rings. The van der Waals surface area contributed by atoms with Gasteiger partial charge in [0.05, 0.1) is 5.69 Å². The third-order valence-electron chi connectivity index (χ3n) is 4.62. The van der Waals surface area contributed by atoms with E-state index in [0.29, 0.717) is 5.69 Å². The first-order valence-electron chi connectivity index (χ1n) is 8.61.